The number of hydrogen-bond acceptors (Lipinski definition) is 14. The molecule has 3 fully saturated rings. The number of aliphatic hydroxyl groups is 2. The van der Waals surface area contributed by atoms with E-state index in [9.17, 15) is 39.0 Å². The summed E-state index contributed by atoms with van der Waals surface area (Å²) in [5.41, 5.74) is -1.01. The highest BCUT2D eigenvalue weighted by Crippen LogP contribution is 2.45. The highest BCUT2D eigenvalue weighted by molar-refractivity contribution is 6.16. The normalized spacial score (nSPS) is 28.9. The van der Waals surface area contributed by atoms with Gasteiger partial charge in [0.05, 0.1) is 0 Å². The third-order valence-electron chi connectivity index (χ3n) is 7.56. The minimum atomic E-state index is -1.63. The zero-order chi connectivity index (χ0) is 34.4. The van der Waals surface area contributed by atoms with Crippen molar-refractivity contribution in [3.63, 3.8) is 0 Å². The average Bonchev–Trinajstić information content (AvgIpc) is 2.99. The van der Waals surface area contributed by atoms with E-state index in [1.807, 2.05) is 6.92 Å². The Morgan fingerprint density at radius 1 is 0.723 bits per heavy atom. The number of ether oxygens (including phenoxy) is 6. The molecule has 47 heavy (non-hydrogen) atoms. The maximum atomic E-state index is 12.7. The first-order valence-corrected chi connectivity index (χ1v) is 14.8. The van der Waals surface area contributed by atoms with E-state index in [0.29, 0.717) is 0 Å². The molecule has 2 atom stereocenters. The molecule has 0 amide bonds. The second-order valence-corrected chi connectivity index (χ2v) is 11.2. The lowest BCUT2D eigenvalue weighted by molar-refractivity contribution is -0.291. The van der Waals surface area contributed by atoms with Gasteiger partial charge in [0.15, 0.2) is 5.78 Å². The predicted molar refractivity (Wildman–Crippen MR) is 158 cm³/mol. The lowest BCUT2D eigenvalue weighted by atomic mass is 9.87. The Morgan fingerprint density at radius 2 is 1.19 bits per heavy atom. The molecule has 4 rings (SSSR count). The molecule has 2 N–H and O–H groups in total. The van der Waals surface area contributed by atoms with Crippen LogP contribution >= 0.6 is 0 Å². The predicted octanol–water partition coefficient (Wildman–Crippen LogP) is 3.04. The Kier molecular flexibility index (Phi) is 10.3. The van der Waals surface area contributed by atoms with Crippen molar-refractivity contribution in [1.82, 2.24) is 0 Å². The maximum absolute atomic E-state index is 12.7. The number of carbonyl (C=O) groups is 6. The van der Waals surface area contributed by atoms with Crippen LogP contribution in [-0.4, -0.2) is 69.3 Å². The summed E-state index contributed by atoms with van der Waals surface area (Å²) in [6, 6.07) is 0. The number of aliphatic hydroxyl groups excluding tert-OH is 2. The quantitative estimate of drug-likeness (QED) is 0.121. The third-order valence-corrected chi connectivity index (χ3v) is 7.56. The summed E-state index contributed by atoms with van der Waals surface area (Å²) in [7, 11) is 0. The van der Waals surface area contributed by atoms with E-state index in [1.165, 1.54) is 50.3 Å². The SMILES string of the molecule is C/C=C/C=C/C=C1C(=O)OC2(CCC3(CC2)OC(=O)C(=CC=CC=CC2=C(O)OC(C)(CCC(=O)C(C)O)OC2=O)C(=O)O3)OC1=O. The zero-order valence-electron chi connectivity index (χ0n) is 25.9. The summed E-state index contributed by atoms with van der Waals surface area (Å²) >= 11 is 0. The fourth-order valence-electron chi connectivity index (χ4n) is 4.91. The van der Waals surface area contributed by atoms with Gasteiger partial charge in [0.1, 0.15) is 22.8 Å². The van der Waals surface area contributed by atoms with Gasteiger partial charge in [0.25, 0.3) is 23.3 Å². The minimum Gasteiger partial charge on any atom is -0.480 e. The number of ketones is 1. The Hall–Kier alpha value is -5.24. The second kappa shape index (κ2) is 14.0. The van der Waals surface area contributed by atoms with Crippen LogP contribution in [0.3, 0.4) is 0 Å². The van der Waals surface area contributed by atoms with Crippen LogP contribution in [0.25, 0.3) is 0 Å². The Morgan fingerprint density at radius 3 is 1.62 bits per heavy atom. The third kappa shape index (κ3) is 8.14. The number of rotatable bonds is 9. The molecule has 0 bridgehead atoms. The van der Waals surface area contributed by atoms with Crippen molar-refractivity contribution in [3.8, 4) is 0 Å². The molecule has 0 aromatic heterocycles. The molecular formula is C33H34O14. The second-order valence-electron chi connectivity index (χ2n) is 11.2. The van der Waals surface area contributed by atoms with Crippen LogP contribution in [0.2, 0.25) is 0 Å². The monoisotopic (exact) mass is 654 g/mol. The van der Waals surface area contributed by atoms with E-state index in [-0.39, 0.29) is 49.7 Å². The standard InChI is InChI=1S/C33H34O14/c1-4-5-6-8-11-22-27(38)44-32(45-28(22)39)16-18-33(19-17-32)46-29(40)23(30(41)47-33)13-10-7-9-12-21-25(36)42-31(3,43-26(21)37)15-14-24(35)20(2)34/h4-13,20,34,36H,14-19H2,1-3H3/b5-4+,8-6+,10-7?,12-9?,22-11?,23-13?. The van der Waals surface area contributed by atoms with Crippen LogP contribution < -0.4 is 0 Å². The molecule has 2 spiro atoms. The lowest BCUT2D eigenvalue weighted by Gasteiger charge is -2.45. The van der Waals surface area contributed by atoms with Gasteiger partial charge in [0, 0.05) is 45.4 Å². The summed E-state index contributed by atoms with van der Waals surface area (Å²) < 4.78 is 32.3. The summed E-state index contributed by atoms with van der Waals surface area (Å²) in [6.45, 7) is 4.48. The van der Waals surface area contributed by atoms with Crippen molar-refractivity contribution in [1.29, 1.82) is 0 Å². The van der Waals surface area contributed by atoms with Gasteiger partial charge in [-0.2, -0.15) is 0 Å². The molecular weight excluding hydrogens is 620 g/mol. The van der Waals surface area contributed by atoms with Gasteiger partial charge in [-0.3, -0.25) is 4.79 Å². The first kappa shape index (κ1) is 34.6. The van der Waals surface area contributed by atoms with Gasteiger partial charge < -0.3 is 38.6 Å². The van der Waals surface area contributed by atoms with Crippen molar-refractivity contribution in [2.45, 2.75) is 82.8 Å². The number of allylic oxidation sites excluding steroid dienone is 9. The minimum absolute atomic E-state index is 0.0789. The van der Waals surface area contributed by atoms with E-state index in [0.717, 1.165) is 6.08 Å². The Bertz CT molecular complexity index is 1510. The molecule has 4 aliphatic rings. The molecule has 14 nitrogen and oxygen atoms in total. The molecule has 2 saturated heterocycles. The van der Waals surface area contributed by atoms with Crippen LogP contribution in [-0.2, 0) is 57.2 Å². The highest BCUT2D eigenvalue weighted by atomic mass is 16.8. The number of esters is 5. The Balaban J connectivity index is 1.33. The van der Waals surface area contributed by atoms with E-state index < -0.39 is 70.6 Å². The van der Waals surface area contributed by atoms with Crippen molar-refractivity contribution in [2.75, 3.05) is 0 Å². The summed E-state index contributed by atoms with van der Waals surface area (Å²) in [6.07, 6.45) is 12.3. The van der Waals surface area contributed by atoms with Gasteiger partial charge >= 0.3 is 29.8 Å². The molecule has 0 radical (unpaired) electrons. The number of carbonyl (C=O) groups excluding carboxylic acids is 6. The Labute approximate surface area is 269 Å². The molecule has 0 aromatic carbocycles. The fraction of sp³-hybridized carbons (Fsp3) is 0.394. The zero-order valence-corrected chi connectivity index (χ0v) is 25.9. The first-order valence-electron chi connectivity index (χ1n) is 14.8. The van der Waals surface area contributed by atoms with Gasteiger partial charge in [0.2, 0.25) is 0 Å². The van der Waals surface area contributed by atoms with Gasteiger partial charge in [-0.15, -0.1) is 0 Å². The first-order chi connectivity index (χ1) is 22.2. The van der Waals surface area contributed by atoms with Crippen LogP contribution in [0.1, 0.15) is 59.3 Å². The van der Waals surface area contributed by atoms with Crippen molar-refractivity contribution < 1.29 is 67.4 Å². The van der Waals surface area contributed by atoms with Crippen molar-refractivity contribution in [3.05, 3.63) is 83.4 Å². The average molecular weight is 655 g/mol. The van der Waals surface area contributed by atoms with Gasteiger partial charge in [-0.25, -0.2) is 24.0 Å². The molecule has 2 unspecified atom stereocenters. The smallest absolute Gasteiger partial charge is 0.348 e. The fourth-order valence-corrected chi connectivity index (χ4v) is 4.91. The number of Topliss-reactive ketones (excluding diaryl/α,β-unsaturated/α-hetero) is 1. The van der Waals surface area contributed by atoms with E-state index in [2.05, 4.69) is 0 Å². The molecule has 14 heteroatoms. The molecule has 1 saturated carbocycles. The van der Waals surface area contributed by atoms with Crippen LogP contribution in [0.5, 0.6) is 0 Å². The summed E-state index contributed by atoms with van der Waals surface area (Å²) in [5, 5.41) is 19.6. The molecule has 3 heterocycles. The maximum Gasteiger partial charge on any atom is 0.348 e. The van der Waals surface area contributed by atoms with Crippen molar-refractivity contribution in [2.24, 2.45) is 0 Å². The van der Waals surface area contributed by atoms with Gasteiger partial charge in [-0.1, -0.05) is 42.5 Å². The topological polar surface area (TPSA) is 198 Å². The van der Waals surface area contributed by atoms with E-state index >= 15 is 0 Å². The summed E-state index contributed by atoms with van der Waals surface area (Å²) in [4.78, 5) is 74.6. The number of hydrogen-bond donors (Lipinski definition) is 2. The van der Waals surface area contributed by atoms with Crippen LogP contribution in [0.15, 0.2) is 83.4 Å². The number of cyclic esters (lactones) is 1. The lowest BCUT2D eigenvalue weighted by Crippen LogP contribution is -2.56. The largest absolute Gasteiger partial charge is 0.480 e. The molecule has 250 valence electrons. The molecule has 0 aromatic rings. The molecule has 1 aliphatic carbocycles. The van der Waals surface area contributed by atoms with Gasteiger partial charge in [-0.05, 0) is 32.1 Å². The highest BCUT2D eigenvalue weighted by Gasteiger charge is 2.56. The van der Waals surface area contributed by atoms with E-state index in [1.54, 1.807) is 18.2 Å². The molecule has 3 aliphatic heterocycles. The van der Waals surface area contributed by atoms with Crippen molar-refractivity contribution >= 4 is 35.6 Å². The summed E-state index contributed by atoms with van der Waals surface area (Å²) in [5.74, 6) is -10.6. The van der Waals surface area contributed by atoms with Crippen LogP contribution in [0, 0.1) is 0 Å². The van der Waals surface area contributed by atoms with E-state index in [4.69, 9.17) is 28.4 Å². The van der Waals surface area contributed by atoms with Crippen LogP contribution in [0.4, 0.5) is 0 Å².